The van der Waals surface area contributed by atoms with Crippen LogP contribution in [0.15, 0.2) is 60.7 Å². The van der Waals surface area contributed by atoms with Gasteiger partial charge in [-0.1, -0.05) is 23.7 Å². The second-order valence-electron chi connectivity index (χ2n) is 7.67. The zero-order valence-electron chi connectivity index (χ0n) is 18.3. The lowest BCUT2D eigenvalue weighted by atomic mass is 10.1. The van der Waals surface area contributed by atoms with E-state index >= 15 is 0 Å². The molecule has 1 saturated heterocycles. The monoisotopic (exact) mass is 498 g/mol. The third kappa shape index (κ3) is 5.73. The van der Waals surface area contributed by atoms with Gasteiger partial charge in [0, 0.05) is 35.6 Å². The summed E-state index contributed by atoms with van der Waals surface area (Å²) in [6, 6.07) is 14.0. The molecule has 0 aliphatic carbocycles. The molecule has 0 unspecified atom stereocenters. The molecule has 180 valence electrons. The Morgan fingerprint density at radius 1 is 0.971 bits per heavy atom. The zero-order chi connectivity index (χ0) is 24.9. The number of carbonyl (C=O) groups is 2. The van der Waals surface area contributed by atoms with Crippen LogP contribution in [0.5, 0.6) is 0 Å². The molecule has 0 radical (unpaired) electrons. The van der Waals surface area contributed by atoms with E-state index in [1.54, 1.807) is 18.2 Å². The van der Waals surface area contributed by atoms with Crippen molar-refractivity contribution >= 4 is 46.2 Å². The van der Waals surface area contributed by atoms with Gasteiger partial charge < -0.3 is 20.3 Å². The first kappa shape index (κ1) is 24.1. The number of nitrogens with zero attached hydrogens (tertiary/aromatic N) is 2. The second-order valence-corrected chi connectivity index (χ2v) is 8.11. The molecule has 4 rings (SSSR count). The van der Waals surface area contributed by atoms with E-state index in [1.165, 1.54) is 36.4 Å². The van der Waals surface area contributed by atoms with E-state index in [2.05, 4.69) is 10.6 Å². The Hall–Kier alpha value is -4.02. The molecule has 1 heterocycles. The van der Waals surface area contributed by atoms with Gasteiger partial charge in [-0.2, -0.15) is 0 Å². The third-order valence-corrected chi connectivity index (χ3v) is 5.57. The molecular weight excluding hydrogens is 479 g/mol. The minimum atomic E-state index is -0.806. The number of hydrogen-bond acceptors (Lipinski definition) is 6. The number of benzene rings is 3. The molecule has 0 saturated carbocycles. The van der Waals surface area contributed by atoms with Crippen molar-refractivity contribution in [2.75, 3.05) is 41.8 Å². The lowest BCUT2D eigenvalue weighted by Gasteiger charge is -2.29. The van der Waals surface area contributed by atoms with Gasteiger partial charge in [-0.05, 0) is 42.5 Å². The number of morpholine rings is 1. The molecule has 0 aromatic heterocycles. The first-order valence-corrected chi connectivity index (χ1v) is 11.0. The SMILES string of the molecule is O=C(Nc1cc(F)cc(N2CCOCC2)c1)c1ccccc1NC(=O)c1cc(Cl)ccc1[N+](=O)[O-]. The molecular formula is C24H20ClFN4O5. The van der Waals surface area contributed by atoms with E-state index in [4.69, 9.17) is 16.3 Å². The number of ether oxygens (including phenoxy) is 1. The summed E-state index contributed by atoms with van der Waals surface area (Å²) in [5, 5.41) is 16.6. The van der Waals surface area contributed by atoms with Crippen molar-refractivity contribution in [3.05, 3.63) is 92.7 Å². The van der Waals surface area contributed by atoms with Gasteiger partial charge in [0.15, 0.2) is 0 Å². The van der Waals surface area contributed by atoms with Crippen molar-refractivity contribution in [2.24, 2.45) is 0 Å². The molecule has 0 spiro atoms. The lowest BCUT2D eigenvalue weighted by Crippen LogP contribution is -2.36. The molecule has 0 bridgehead atoms. The molecule has 9 nitrogen and oxygen atoms in total. The van der Waals surface area contributed by atoms with Gasteiger partial charge in [0.05, 0.1) is 29.4 Å². The molecule has 1 aliphatic heterocycles. The van der Waals surface area contributed by atoms with Gasteiger partial charge in [-0.3, -0.25) is 19.7 Å². The highest BCUT2D eigenvalue weighted by Crippen LogP contribution is 2.27. The van der Waals surface area contributed by atoms with Crippen LogP contribution in [0, 0.1) is 15.9 Å². The normalized spacial score (nSPS) is 13.3. The number of amides is 2. The summed E-state index contributed by atoms with van der Waals surface area (Å²) in [7, 11) is 0. The van der Waals surface area contributed by atoms with Gasteiger partial charge in [0.2, 0.25) is 0 Å². The van der Waals surface area contributed by atoms with E-state index in [0.717, 1.165) is 6.07 Å². The summed E-state index contributed by atoms with van der Waals surface area (Å²) in [5.74, 6) is -1.92. The number of nitrogens with one attached hydrogen (secondary N) is 2. The Kier molecular flexibility index (Phi) is 7.23. The Morgan fingerprint density at radius 3 is 2.43 bits per heavy atom. The highest BCUT2D eigenvalue weighted by molar-refractivity contribution is 6.31. The van der Waals surface area contributed by atoms with Gasteiger partial charge in [-0.15, -0.1) is 0 Å². The number of nitro benzene ring substituents is 1. The third-order valence-electron chi connectivity index (χ3n) is 5.34. The summed E-state index contributed by atoms with van der Waals surface area (Å²) in [6.45, 7) is 2.24. The van der Waals surface area contributed by atoms with Gasteiger partial charge in [0.1, 0.15) is 11.4 Å². The van der Waals surface area contributed by atoms with E-state index < -0.39 is 28.2 Å². The number of para-hydroxylation sites is 1. The number of anilines is 3. The van der Waals surface area contributed by atoms with E-state index in [-0.39, 0.29) is 27.5 Å². The average molecular weight is 499 g/mol. The summed E-state index contributed by atoms with van der Waals surface area (Å²) in [5.41, 5.74) is 0.376. The van der Waals surface area contributed by atoms with Crippen LogP contribution in [0.4, 0.5) is 27.1 Å². The van der Waals surface area contributed by atoms with Gasteiger partial charge >= 0.3 is 0 Å². The predicted molar refractivity (Wildman–Crippen MR) is 130 cm³/mol. The first-order valence-electron chi connectivity index (χ1n) is 10.6. The molecule has 2 N–H and O–H groups in total. The Labute approximate surface area is 204 Å². The quantitative estimate of drug-likeness (QED) is 0.375. The zero-order valence-corrected chi connectivity index (χ0v) is 19.0. The van der Waals surface area contributed by atoms with Crippen LogP contribution < -0.4 is 15.5 Å². The maximum Gasteiger partial charge on any atom is 0.282 e. The largest absolute Gasteiger partial charge is 0.378 e. The maximum atomic E-state index is 14.3. The Morgan fingerprint density at radius 2 is 1.69 bits per heavy atom. The van der Waals surface area contributed by atoms with Crippen molar-refractivity contribution in [3.63, 3.8) is 0 Å². The molecule has 1 aliphatic rings. The van der Waals surface area contributed by atoms with E-state index in [9.17, 15) is 24.1 Å². The van der Waals surface area contributed by atoms with Crippen molar-refractivity contribution in [1.82, 2.24) is 0 Å². The van der Waals surface area contributed by atoms with Crippen LogP contribution in [0.3, 0.4) is 0 Å². The minimum Gasteiger partial charge on any atom is -0.378 e. The molecule has 0 atom stereocenters. The molecule has 11 heteroatoms. The minimum absolute atomic E-state index is 0.0858. The van der Waals surface area contributed by atoms with Crippen LogP contribution in [0.2, 0.25) is 5.02 Å². The molecule has 1 fully saturated rings. The van der Waals surface area contributed by atoms with Crippen molar-refractivity contribution in [1.29, 1.82) is 0 Å². The molecule has 35 heavy (non-hydrogen) atoms. The summed E-state index contributed by atoms with van der Waals surface area (Å²) < 4.78 is 19.6. The highest BCUT2D eigenvalue weighted by Gasteiger charge is 2.22. The lowest BCUT2D eigenvalue weighted by molar-refractivity contribution is -0.385. The van der Waals surface area contributed by atoms with Crippen LogP contribution in [-0.4, -0.2) is 43.0 Å². The number of hydrogen-bond donors (Lipinski definition) is 2. The van der Waals surface area contributed by atoms with E-state index in [0.29, 0.717) is 32.0 Å². The Balaban J connectivity index is 1.57. The van der Waals surface area contributed by atoms with Crippen LogP contribution in [-0.2, 0) is 4.74 Å². The fourth-order valence-electron chi connectivity index (χ4n) is 3.68. The fourth-order valence-corrected chi connectivity index (χ4v) is 3.85. The number of rotatable bonds is 6. The van der Waals surface area contributed by atoms with Crippen LogP contribution in [0.1, 0.15) is 20.7 Å². The summed E-state index contributed by atoms with van der Waals surface area (Å²) in [6.07, 6.45) is 0. The number of halogens is 2. The van der Waals surface area contributed by atoms with Gasteiger partial charge in [0.25, 0.3) is 17.5 Å². The van der Waals surface area contributed by atoms with Gasteiger partial charge in [-0.25, -0.2) is 4.39 Å². The fraction of sp³-hybridized carbons (Fsp3) is 0.167. The van der Waals surface area contributed by atoms with Crippen molar-refractivity contribution < 1.29 is 23.6 Å². The molecule has 3 aromatic carbocycles. The van der Waals surface area contributed by atoms with Crippen LogP contribution in [0.25, 0.3) is 0 Å². The summed E-state index contributed by atoms with van der Waals surface area (Å²) >= 11 is 5.91. The number of nitro groups is 1. The molecule has 3 aromatic rings. The molecule has 2 amide bonds. The topological polar surface area (TPSA) is 114 Å². The Bertz CT molecular complexity index is 1300. The number of carbonyl (C=O) groups excluding carboxylic acids is 2. The standard InChI is InChI=1S/C24H20ClFN4O5/c25-15-5-6-22(30(33)34)20(11-15)24(32)28-21-4-2-1-3-19(21)23(31)27-17-12-16(26)13-18(14-17)29-7-9-35-10-8-29/h1-6,11-14H,7-10H2,(H,27,31)(H,28,32). The summed E-state index contributed by atoms with van der Waals surface area (Å²) in [4.78, 5) is 38.4. The second kappa shape index (κ2) is 10.5. The van der Waals surface area contributed by atoms with E-state index in [1.807, 2.05) is 4.90 Å². The van der Waals surface area contributed by atoms with Crippen molar-refractivity contribution in [2.45, 2.75) is 0 Å². The average Bonchev–Trinajstić information content (AvgIpc) is 2.84. The highest BCUT2D eigenvalue weighted by atomic mass is 35.5. The maximum absolute atomic E-state index is 14.3. The first-order chi connectivity index (χ1) is 16.8. The smallest absolute Gasteiger partial charge is 0.282 e. The van der Waals surface area contributed by atoms with Crippen LogP contribution >= 0.6 is 11.6 Å². The van der Waals surface area contributed by atoms with Crippen molar-refractivity contribution in [3.8, 4) is 0 Å². The predicted octanol–water partition coefficient (Wildman–Crippen LogP) is 4.73.